The minimum atomic E-state index is -4.12. The van der Waals surface area contributed by atoms with E-state index in [0.29, 0.717) is 11.5 Å². The molecule has 0 bridgehead atoms. The van der Waals surface area contributed by atoms with E-state index in [0.717, 1.165) is 5.56 Å². The molecule has 0 amide bonds. The van der Waals surface area contributed by atoms with Crippen LogP contribution >= 0.6 is 0 Å². The van der Waals surface area contributed by atoms with Crippen molar-refractivity contribution in [3.63, 3.8) is 0 Å². The highest BCUT2D eigenvalue weighted by atomic mass is 32.2. The number of anilines is 1. The normalized spacial score (nSPS) is 11.6. The minimum Gasteiger partial charge on any atom is -0.493 e. The molecule has 0 aliphatic rings. The predicted octanol–water partition coefficient (Wildman–Crippen LogP) is 4.86. The van der Waals surface area contributed by atoms with E-state index in [1.165, 1.54) is 26.6 Å². The Morgan fingerprint density at radius 2 is 1.50 bits per heavy atom. The standard InChI is InChI=1S/C28H31N5O6S/c1-28(2,3)19-11-13-20(14-12-19)40(34,35)33-24-23(39-22-10-7-6-9-21(22)37-5)27(38-18-17-36-4)32-26(31-24)25-29-15-8-16-30-25/h6-16H,17-18H2,1-5H3,(H,31,32,33). The molecule has 0 spiro atoms. The first-order valence-corrected chi connectivity index (χ1v) is 13.9. The van der Waals surface area contributed by atoms with Gasteiger partial charge in [-0.3, -0.25) is 4.72 Å². The van der Waals surface area contributed by atoms with Gasteiger partial charge in [0.05, 0.1) is 18.6 Å². The summed E-state index contributed by atoms with van der Waals surface area (Å²) in [6, 6.07) is 15.2. The SMILES string of the molecule is COCCOc1nc(-c2ncccn2)nc(NS(=O)(=O)c2ccc(C(C)(C)C)cc2)c1Oc1ccccc1OC. The van der Waals surface area contributed by atoms with Gasteiger partial charge in [0.15, 0.2) is 23.1 Å². The zero-order chi connectivity index (χ0) is 28.8. The maximum Gasteiger partial charge on any atom is 0.263 e. The van der Waals surface area contributed by atoms with E-state index in [1.807, 2.05) is 0 Å². The summed E-state index contributed by atoms with van der Waals surface area (Å²) in [5, 5.41) is 0. The number of benzene rings is 2. The van der Waals surface area contributed by atoms with Crippen molar-refractivity contribution in [3.05, 3.63) is 72.6 Å². The Kier molecular flexibility index (Phi) is 8.80. The highest BCUT2D eigenvalue weighted by molar-refractivity contribution is 7.92. The molecule has 4 aromatic rings. The van der Waals surface area contributed by atoms with Crippen LogP contribution in [0.4, 0.5) is 5.82 Å². The average molecular weight is 566 g/mol. The molecule has 2 heterocycles. The lowest BCUT2D eigenvalue weighted by molar-refractivity contribution is 0.142. The van der Waals surface area contributed by atoms with Gasteiger partial charge in [0.25, 0.3) is 15.9 Å². The van der Waals surface area contributed by atoms with Crippen molar-refractivity contribution in [1.82, 2.24) is 19.9 Å². The van der Waals surface area contributed by atoms with Gasteiger partial charge in [-0.05, 0) is 41.3 Å². The molecule has 40 heavy (non-hydrogen) atoms. The van der Waals surface area contributed by atoms with Crippen LogP contribution in [0.25, 0.3) is 11.6 Å². The Morgan fingerprint density at radius 1 is 0.825 bits per heavy atom. The van der Waals surface area contributed by atoms with Crippen LogP contribution in [-0.2, 0) is 20.2 Å². The van der Waals surface area contributed by atoms with E-state index < -0.39 is 10.0 Å². The monoisotopic (exact) mass is 565 g/mol. The maximum atomic E-state index is 13.6. The first kappa shape index (κ1) is 28.7. The van der Waals surface area contributed by atoms with Crippen molar-refractivity contribution >= 4 is 15.8 Å². The second-order valence-electron chi connectivity index (χ2n) is 9.58. The molecular formula is C28H31N5O6S. The molecule has 0 aliphatic heterocycles. The number of hydrogen-bond acceptors (Lipinski definition) is 10. The predicted molar refractivity (Wildman–Crippen MR) is 149 cm³/mol. The van der Waals surface area contributed by atoms with Crippen LogP contribution in [0.2, 0.25) is 0 Å². The number of nitrogens with one attached hydrogen (secondary N) is 1. The van der Waals surface area contributed by atoms with Crippen LogP contribution in [0.3, 0.4) is 0 Å². The molecule has 2 aromatic carbocycles. The topological polar surface area (TPSA) is 135 Å². The summed E-state index contributed by atoms with van der Waals surface area (Å²) in [6.45, 7) is 6.50. The third-order valence-corrected chi connectivity index (χ3v) is 7.02. The molecule has 12 heteroatoms. The molecular weight excluding hydrogens is 534 g/mol. The van der Waals surface area contributed by atoms with E-state index in [2.05, 4.69) is 45.4 Å². The Labute approximate surface area is 233 Å². The Bertz CT molecular complexity index is 1540. The summed E-state index contributed by atoms with van der Waals surface area (Å²) in [5.74, 6) is 0.613. The van der Waals surface area contributed by atoms with Crippen LogP contribution in [-0.4, -0.2) is 55.8 Å². The van der Waals surface area contributed by atoms with Crippen molar-refractivity contribution in [2.75, 3.05) is 32.2 Å². The third kappa shape index (κ3) is 6.82. The molecule has 0 atom stereocenters. The van der Waals surface area contributed by atoms with Crippen LogP contribution in [0, 0.1) is 0 Å². The van der Waals surface area contributed by atoms with Gasteiger partial charge in [-0.2, -0.15) is 4.98 Å². The van der Waals surface area contributed by atoms with E-state index >= 15 is 0 Å². The highest BCUT2D eigenvalue weighted by Gasteiger charge is 2.26. The first-order chi connectivity index (χ1) is 19.1. The average Bonchev–Trinajstić information content (AvgIpc) is 2.94. The largest absolute Gasteiger partial charge is 0.493 e. The summed E-state index contributed by atoms with van der Waals surface area (Å²) in [7, 11) is -1.09. The zero-order valence-corrected chi connectivity index (χ0v) is 23.7. The lowest BCUT2D eigenvalue weighted by Gasteiger charge is -2.20. The molecule has 11 nitrogen and oxygen atoms in total. The molecule has 2 aromatic heterocycles. The Hall–Kier alpha value is -4.29. The zero-order valence-electron chi connectivity index (χ0n) is 22.9. The number of nitrogens with zero attached hydrogens (tertiary/aromatic N) is 4. The molecule has 4 rings (SSSR count). The number of rotatable bonds is 11. The maximum absolute atomic E-state index is 13.6. The lowest BCUT2D eigenvalue weighted by atomic mass is 9.87. The number of aromatic nitrogens is 4. The highest BCUT2D eigenvalue weighted by Crippen LogP contribution is 2.41. The Balaban J connectivity index is 1.85. The van der Waals surface area contributed by atoms with Gasteiger partial charge in [-0.1, -0.05) is 45.0 Å². The number of para-hydroxylation sites is 2. The van der Waals surface area contributed by atoms with Gasteiger partial charge in [-0.25, -0.2) is 23.4 Å². The second-order valence-corrected chi connectivity index (χ2v) is 11.3. The van der Waals surface area contributed by atoms with Crippen molar-refractivity contribution in [1.29, 1.82) is 0 Å². The van der Waals surface area contributed by atoms with Crippen LogP contribution in [0.5, 0.6) is 23.1 Å². The van der Waals surface area contributed by atoms with Crippen LogP contribution in [0.15, 0.2) is 71.9 Å². The first-order valence-electron chi connectivity index (χ1n) is 12.4. The second kappa shape index (κ2) is 12.3. The Morgan fingerprint density at radius 3 is 2.12 bits per heavy atom. The number of hydrogen-bond donors (Lipinski definition) is 1. The van der Waals surface area contributed by atoms with E-state index in [-0.39, 0.29) is 52.6 Å². The van der Waals surface area contributed by atoms with E-state index in [9.17, 15) is 8.42 Å². The molecule has 0 unspecified atom stereocenters. The smallest absolute Gasteiger partial charge is 0.263 e. The number of sulfonamides is 1. The summed E-state index contributed by atoms with van der Waals surface area (Å²) < 4.78 is 52.2. The van der Waals surface area contributed by atoms with Crippen molar-refractivity contribution in [2.24, 2.45) is 0 Å². The number of methoxy groups -OCH3 is 2. The van der Waals surface area contributed by atoms with E-state index in [4.69, 9.17) is 18.9 Å². The lowest BCUT2D eigenvalue weighted by Crippen LogP contribution is -2.17. The summed E-state index contributed by atoms with van der Waals surface area (Å²) in [6.07, 6.45) is 3.05. The van der Waals surface area contributed by atoms with Crippen molar-refractivity contribution in [2.45, 2.75) is 31.1 Å². The van der Waals surface area contributed by atoms with Crippen molar-refractivity contribution < 1.29 is 27.4 Å². The molecule has 0 aliphatic carbocycles. The van der Waals surface area contributed by atoms with Gasteiger partial charge in [-0.15, -0.1) is 0 Å². The van der Waals surface area contributed by atoms with Crippen molar-refractivity contribution in [3.8, 4) is 34.8 Å². The van der Waals surface area contributed by atoms with E-state index in [1.54, 1.807) is 54.6 Å². The molecule has 0 radical (unpaired) electrons. The quantitative estimate of drug-likeness (QED) is 0.251. The van der Waals surface area contributed by atoms with Gasteiger partial charge < -0.3 is 18.9 Å². The van der Waals surface area contributed by atoms with Crippen LogP contribution in [0.1, 0.15) is 26.3 Å². The molecule has 0 saturated carbocycles. The van der Waals surface area contributed by atoms with Gasteiger partial charge in [0.1, 0.15) is 6.61 Å². The third-order valence-electron chi connectivity index (χ3n) is 5.67. The summed E-state index contributed by atoms with van der Waals surface area (Å²) >= 11 is 0. The van der Waals surface area contributed by atoms with Gasteiger partial charge >= 0.3 is 0 Å². The minimum absolute atomic E-state index is 0.0289. The molecule has 1 N–H and O–H groups in total. The summed E-state index contributed by atoms with van der Waals surface area (Å²) in [5.41, 5.74) is 0.850. The number of ether oxygens (including phenoxy) is 4. The van der Waals surface area contributed by atoms with Gasteiger partial charge in [0, 0.05) is 19.5 Å². The van der Waals surface area contributed by atoms with Crippen LogP contribution < -0.4 is 18.9 Å². The fraction of sp³-hybridized carbons (Fsp3) is 0.286. The molecule has 210 valence electrons. The molecule has 0 fully saturated rings. The fourth-order valence-electron chi connectivity index (χ4n) is 3.56. The fourth-order valence-corrected chi connectivity index (χ4v) is 4.56. The van der Waals surface area contributed by atoms with Gasteiger partial charge in [0.2, 0.25) is 11.6 Å². The summed E-state index contributed by atoms with van der Waals surface area (Å²) in [4.78, 5) is 17.3. The molecule has 0 saturated heterocycles.